The SMILES string of the molecule is COc1ccc(NC(=O)c2cccc(Br)c2F)c(C)c1. The molecule has 0 saturated heterocycles. The minimum absolute atomic E-state index is 0.00501. The number of benzene rings is 2. The second-order valence-electron chi connectivity index (χ2n) is 4.24. The van der Waals surface area contributed by atoms with Crippen molar-refractivity contribution in [1.82, 2.24) is 0 Å². The summed E-state index contributed by atoms with van der Waals surface area (Å²) in [5.41, 5.74) is 1.46. The zero-order valence-electron chi connectivity index (χ0n) is 11.0. The largest absolute Gasteiger partial charge is 0.497 e. The van der Waals surface area contributed by atoms with Crippen molar-refractivity contribution in [2.24, 2.45) is 0 Å². The van der Waals surface area contributed by atoms with E-state index in [4.69, 9.17) is 4.74 Å². The molecule has 1 amide bonds. The molecule has 2 rings (SSSR count). The van der Waals surface area contributed by atoms with Crippen LogP contribution in [0.25, 0.3) is 0 Å². The summed E-state index contributed by atoms with van der Waals surface area (Å²) in [6.45, 7) is 1.84. The molecule has 0 saturated carbocycles. The van der Waals surface area contributed by atoms with Gasteiger partial charge in [-0.1, -0.05) is 6.07 Å². The fourth-order valence-electron chi connectivity index (χ4n) is 1.77. The van der Waals surface area contributed by atoms with Crippen molar-refractivity contribution in [3.05, 3.63) is 57.8 Å². The molecule has 3 nitrogen and oxygen atoms in total. The van der Waals surface area contributed by atoms with Gasteiger partial charge < -0.3 is 10.1 Å². The summed E-state index contributed by atoms with van der Waals surface area (Å²) in [5.74, 6) is -0.359. The van der Waals surface area contributed by atoms with E-state index in [0.29, 0.717) is 11.4 Å². The number of amides is 1. The predicted octanol–water partition coefficient (Wildman–Crippen LogP) is 4.16. The number of carbonyl (C=O) groups is 1. The Bertz CT molecular complexity index is 658. The van der Waals surface area contributed by atoms with E-state index < -0.39 is 11.7 Å². The van der Waals surface area contributed by atoms with Crippen LogP contribution in [0.4, 0.5) is 10.1 Å². The standard InChI is InChI=1S/C15H13BrFNO2/c1-9-8-10(20-2)6-7-13(9)18-15(19)11-4-3-5-12(16)14(11)17/h3-8H,1-2H3,(H,18,19). The van der Waals surface area contributed by atoms with Crippen LogP contribution in [0.5, 0.6) is 5.75 Å². The molecule has 0 aliphatic heterocycles. The second-order valence-corrected chi connectivity index (χ2v) is 5.09. The van der Waals surface area contributed by atoms with Gasteiger partial charge in [-0.25, -0.2) is 4.39 Å². The first kappa shape index (κ1) is 14.5. The van der Waals surface area contributed by atoms with Gasteiger partial charge in [0.15, 0.2) is 0 Å². The van der Waals surface area contributed by atoms with Gasteiger partial charge in [0.05, 0.1) is 17.1 Å². The monoisotopic (exact) mass is 337 g/mol. The van der Waals surface area contributed by atoms with Crippen LogP contribution in [-0.4, -0.2) is 13.0 Å². The lowest BCUT2D eigenvalue weighted by Crippen LogP contribution is -2.14. The van der Waals surface area contributed by atoms with Crippen LogP contribution < -0.4 is 10.1 Å². The molecule has 0 spiro atoms. The number of ether oxygens (including phenoxy) is 1. The van der Waals surface area contributed by atoms with Crippen LogP contribution in [0.3, 0.4) is 0 Å². The van der Waals surface area contributed by atoms with Crippen molar-refractivity contribution in [2.45, 2.75) is 6.92 Å². The molecule has 20 heavy (non-hydrogen) atoms. The van der Waals surface area contributed by atoms with Gasteiger partial charge in [0.2, 0.25) is 0 Å². The Balaban J connectivity index is 2.26. The zero-order chi connectivity index (χ0) is 14.7. The van der Waals surface area contributed by atoms with E-state index in [0.717, 1.165) is 5.56 Å². The van der Waals surface area contributed by atoms with Gasteiger partial charge in [-0.15, -0.1) is 0 Å². The first-order valence-electron chi connectivity index (χ1n) is 5.93. The molecule has 0 bridgehead atoms. The number of hydrogen-bond acceptors (Lipinski definition) is 2. The topological polar surface area (TPSA) is 38.3 Å². The number of aryl methyl sites for hydroxylation is 1. The van der Waals surface area contributed by atoms with Crippen molar-refractivity contribution >= 4 is 27.5 Å². The summed E-state index contributed by atoms with van der Waals surface area (Å²) in [4.78, 5) is 12.1. The van der Waals surface area contributed by atoms with Crippen LogP contribution in [0.1, 0.15) is 15.9 Å². The van der Waals surface area contributed by atoms with Gasteiger partial charge in [0.1, 0.15) is 11.6 Å². The third kappa shape index (κ3) is 2.99. The number of methoxy groups -OCH3 is 1. The van der Waals surface area contributed by atoms with Gasteiger partial charge in [0.25, 0.3) is 5.91 Å². The number of carbonyl (C=O) groups excluding carboxylic acids is 1. The lowest BCUT2D eigenvalue weighted by molar-refractivity contribution is 0.102. The van der Waals surface area contributed by atoms with Crippen LogP contribution in [0, 0.1) is 12.7 Å². The van der Waals surface area contributed by atoms with Crippen molar-refractivity contribution < 1.29 is 13.9 Å². The third-order valence-electron chi connectivity index (χ3n) is 2.88. The highest BCUT2D eigenvalue weighted by Gasteiger charge is 2.14. The van der Waals surface area contributed by atoms with Gasteiger partial charge >= 0.3 is 0 Å². The summed E-state index contributed by atoms with van der Waals surface area (Å²) in [7, 11) is 1.57. The Labute approximate surface area is 124 Å². The first-order valence-corrected chi connectivity index (χ1v) is 6.72. The van der Waals surface area contributed by atoms with E-state index in [1.54, 1.807) is 37.4 Å². The van der Waals surface area contributed by atoms with E-state index in [1.165, 1.54) is 6.07 Å². The maximum atomic E-state index is 13.8. The number of hydrogen-bond donors (Lipinski definition) is 1. The molecule has 0 atom stereocenters. The molecule has 0 unspecified atom stereocenters. The molecule has 104 valence electrons. The summed E-state index contributed by atoms with van der Waals surface area (Å²) in [5, 5.41) is 2.69. The van der Waals surface area contributed by atoms with Gasteiger partial charge in [-0.2, -0.15) is 0 Å². The molecule has 2 aromatic rings. The molecule has 0 radical (unpaired) electrons. The highest BCUT2D eigenvalue weighted by Crippen LogP contribution is 2.23. The fourth-order valence-corrected chi connectivity index (χ4v) is 2.14. The Morgan fingerprint density at radius 1 is 1.30 bits per heavy atom. The molecule has 2 aromatic carbocycles. The Morgan fingerprint density at radius 2 is 2.05 bits per heavy atom. The van der Waals surface area contributed by atoms with Crippen LogP contribution in [-0.2, 0) is 0 Å². The Hall–Kier alpha value is -1.88. The Morgan fingerprint density at radius 3 is 2.70 bits per heavy atom. The highest BCUT2D eigenvalue weighted by molar-refractivity contribution is 9.10. The zero-order valence-corrected chi connectivity index (χ0v) is 12.6. The molecule has 0 aliphatic rings. The van der Waals surface area contributed by atoms with Crippen LogP contribution in [0.15, 0.2) is 40.9 Å². The molecule has 0 aliphatic carbocycles. The van der Waals surface area contributed by atoms with E-state index in [2.05, 4.69) is 21.2 Å². The summed E-state index contributed by atoms with van der Waals surface area (Å²) in [6, 6.07) is 9.86. The molecular formula is C15H13BrFNO2. The van der Waals surface area contributed by atoms with Crippen molar-refractivity contribution in [3.63, 3.8) is 0 Å². The number of rotatable bonds is 3. The quantitative estimate of drug-likeness (QED) is 0.913. The van der Waals surface area contributed by atoms with Gasteiger partial charge in [-0.3, -0.25) is 4.79 Å². The number of nitrogens with one attached hydrogen (secondary N) is 1. The van der Waals surface area contributed by atoms with E-state index in [1.807, 2.05) is 6.92 Å². The Kier molecular flexibility index (Phi) is 4.39. The van der Waals surface area contributed by atoms with E-state index in [9.17, 15) is 9.18 Å². The van der Waals surface area contributed by atoms with Crippen LogP contribution >= 0.6 is 15.9 Å². The molecule has 0 aromatic heterocycles. The smallest absolute Gasteiger partial charge is 0.258 e. The first-order chi connectivity index (χ1) is 9.52. The molecule has 0 heterocycles. The summed E-state index contributed by atoms with van der Waals surface area (Å²) >= 11 is 3.06. The van der Waals surface area contributed by atoms with Crippen LogP contribution in [0.2, 0.25) is 0 Å². The van der Waals surface area contributed by atoms with Gasteiger partial charge in [-0.05, 0) is 58.7 Å². The van der Waals surface area contributed by atoms with Crippen molar-refractivity contribution in [1.29, 1.82) is 0 Å². The van der Waals surface area contributed by atoms with E-state index >= 15 is 0 Å². The number of anilines is 1. The highest BCUT2D eigenvalue weighted by atomic mass is 79.9. The lowest BCUT2D eigenvalue weighted by Gasteiger charge is -2.10. The average Bonchev–Trinajstić information content (AvgIpc) is 2.44. The van der Waals surface area contributed by atoms with Gasteiger partial charge in [0, 0.05) is 5.69 Å². The van der Waals surface area contributed by atoms with Crippen molar-refractivity contribution in [3.8, 4) is 5.75 Å². The third-order valence-corrected chi connectivity index (χ3v) is 3.49. The summed E-state index contributed by atoms with van der Waals surface area (Å²) < 4.78 is 19.2. The predicted molar refractivity (Wildman–Crippen MR) is 79.8 cm³/mol. The minimum Gasteiger partial charge on any atom is -0.497 e. The summed E-state index contributed by atoms with van der Waals surface area (Å²) in [6.07, 6.45) is 0. The maximum Gasteiger partial charge on any atom is 0.258 e. The second kappa shape index (κ2) is 6.05. The number of halogens is 2. The molecule has 0 fully saturated rings. The van der Waals surface area contributed by atoms with Crippen molar-refractivity contribution in [2.75, 3.05) is 12.4 Å². The molecular weight excluding hydrogens is 325 g/mol. The minimum atomic E-state index is -0.573. The normalized spacial score (nSPS) is 10.2. The molecule has 5 heteroatoms. The molecule has 1 N–H and O–H groups in total. The maximum absolute atomic E-state index is 13.8. The fraction of sp³-hybridized carbons (Fsp3) is 0.133. The lowest BCUT2D eigenvalue weighted by atomic mass is 10.1. The average molecular weight is 338 g/mol. The van der Waals surface area contributed by atoms with E-state index in [-0.39, 0.29) is 10.0 Å².